The molecule has 3 rings (SSSR count). The Morgan fingerprint density at radius 2 is 2.24 bits per heavy atom. The summed E-state index contributed by atoms with van der Waals surface area (Å²) < 4.78 is 39.7. The molecule has 0 amide bonds. The molecule has 1 N–H and O–H groups in total. The zero-order valence-corrected chi connectivity index (χ0v) is 11.6. The van der Waals surface area contributed by atoms with E-state index in [2.05, 4.69) is 10.2 Å². The Labute approximate surface area is 120 Å². The molecule has 0 bridgehead atoms. The minimum atomic E-state index is -2.58. The van der Waals surface area contributed by atoms with Gasteiger partial charge in [0, 0.05) is 30.3 Å². The van der Waals surface area contributed by atoms with Crippen molar-refractivity contribution in [2.45, 2.75) is 32.4 Å². The minimum Gasteiger partial charge on any atom is -0.292 e. The van der Waals surface area contributed by atoms with Gasteiger partial charge < -0.3 is 0 Å². The van der Waals surface area contributed by atoms with Gasteiger partial charge in [-0.05, 0) is 25.0 Å². The molecule has 0 saturated carbocycles. The number of aromatic amines is 1. The van der Waals surface area contributed by atoms with Crippen LogP contribution in [0.3, 0.4) is 0 Å². The highest BCUT2D eigenvalue weighted by Gasteiger charge is 2.28. The van der Waals surface area contributed by atoms with Gasteiger partial charge in [-0.3, -0.25) is 10.00 Å². The van der Waals surface area contributed by atoms with E-state index < -0.39 is 6.43 Å². The van der Waals surface area contributed by atoms with Gasteiger partial charge in [0.25, 0.3) is 6.43 Å². The summed E-state index contributed by atoms with van der Waals surface area (Å²) in [6.07, 6.45) is -0.434. The fraction of sp³-hybridized carbons (Fsp3) is 0.400. The van der Waals surface area contributed by atoms with Gasteiger partial charge in [-0.2, -0.15) is 5.10 Å². The molecule has 3 nitrogen and oxygen atoms in total. The van der Waals surface area contributed by atoms with Crippen LogP contribution in [0.15, 0.2) is 24.4 Å². The molecule has 1 atom stereocenters. The Bertz CT molecular complexity index is 639. The highest BCUT2D eigenvalue weighted by molar-refractivity contribution is 5.34. The standard InChI is InChI=1S/C15H16F3N3/c1-9-13-10(3-2-4-12(13)16)5-6-21(9)8-11-7-19-20-14(11)15(17)18/h2-4,7,9,15H,5-6,8H2,1H3,(H,19,20). The van der Waals surface area contributed by atoms with Crippen LogP contribution in [0.25, 0.3) is 0 Å². The van der Waals surface area contributed by atoms with Gasteiger partial charge >= 0.3 is 0 Å². The first-order valence-corrected chi connectivity index (χ1v) is 6.89. The van der Waals surface area contributed by atoms with Crippen LogP contribution in [-0.2, 0) is 13.0 Å². The lowest BCUT2D eigenvalue weighted by Gasteiger charge is -2.35. The van der Waals surface area contributed by atoms with E-state index >= 15 is 0 Å². The maximum atomic E-state index is 14.0. The molecule has 6 heteroatoms. The molecule has 21 heavy (non-hydrogen) atoms. The van der Waals surface area contributed by atoms with Crippen LogP contribution in [0, 0.1) is 5.82 Å². The Balaban J connectivity index is 1.85. The Kier molecular flexibility index (Phi) is 3.71. The number of halogens is 3. The van der Waals surface area contributed by atoms with Crippen LogP contribution in [0.5, 0.6) is 0 Å². The van der Waals surface area contributed by atoms with Crippen molar-refractivity contribution in [3.8, 4) is 0 Å². The molecule has 0 fully saturated rings. The van der Waals surface area contributed by atoms with Crippen molar-refractivity contribution in [2.75, 3.05) is 6.54 Å². The van der Waals surface area contributed by atoms with Crippen molar-refractivity contribution < 1.29 is 13.2 Å². The van der Waals surface area contributed by atoms with Crippen LogP contribution in [0.1, 0.15) is 41.8 Å². The zero-order chi connectivity index (χ0) is 15.0. The summed E-state index contributed by atoms with van der Waals surface area (Å²) in [7, 11) is 0. The normalized spacial score (nSPS) is 19.0. The van der Waals surface area contributed by atoms with Crippen LogP contribution < -0.4 is 0 Å². The van der Waals surface area contributed by atoms with E-state index in [1.165, 1.54) is 12.3 Å². The largest absolute Gasteiger partial charge is 0.292 e. The van der Waals surface area contributed by atoms with Gasteiger partial charge in [0.1, 0.15) is 11.5 Å². The minimum absolute atomic E-state index is 0.143. The number of fused-ring (bicyclic) bond motifs is 1. The first kappa shape index (κ1) is 14.1. The van der Waals surface area contributed by atoms with Crippen molar-refractivity contribution in [1.29, 1.82) is 0 Å². The van der Waals surface area contributed by atoms with E-state index in [1.54, 1.807) is 6.07 Å². The van der Waals surface area contributed by atoms with Crippen molar-refractivity contribution in [2.24, 2.45) is 0 Å². The van der Waals surface area contributed by atoms with Gasteiger partial charge in [0.15, 0.2) is 0 Å². The van der Waals surface area contributed by atoms with Gasteiger partial charge in [-0.15, -0.1) is 0 Å². The van der Waals surface area contributed by atoms with Crippen molar-refractivity contribution in [3.05, 3.63) is 52.6 Å². The fourth-order valence-corrected chi connectivity index (χ4v) is 2.98. The molecule has 0 spiro atoms. The quantitative estimate of drug-likeness (QED) is 0.938. The molecule has 0 radical (unpaired) electrons. The summed E-state index contributed by atoms with van der Waals surface area (Å²) in [5, 5.41) is 6.03. The Morgan fingerprint density at radius 1 is 1.43 bits per heavy atom. The van der Waals surface area contributed by atoms with Gasteiger partial charge in [-0.25, -0.2) is 13.2 Å². The van der Waals surface area contributed by atoms with Crippen LogP contribution in [0.4, 0.5) is 13.2 Å². The average Bonchev–Trinajstić information content (AvgIpc) is 2.90. The second-order valence-electron chi connectivity index (χ2n) is 5.32. The lowest BCUT2D eigenvalue weighted by atomic mass is 9.92. The van der Waals surface area contributed by atoms with Crippen LogP contribution in [0.2, 0.25) is 0 Å². The highest BCUT2D eigenvalue weighted by Crippen LogP contribution is 2.33. The van der Waals surface area contributed by atoms with E-state index in [0.717, 1.165) is 12.0 Å². The number of H-pyrrole nitrogens is 1. The molecule has 1 aromatic heterocycles. The van der Waals surface area contributed by atoms with E-state index in [1.807, 2.05) is 17.9 Å². The van der Waals surface area contributed by atoms with Crippen molar-refractivity contribution >= 4 is 0 Å². The third-order valence-electron chi connectivity index (χ3n) is 4.12. The SMILES string of the molecule is CC1c2c(F)cccc2CCN1Cc1cn[nH]c1C(F)F. The van der Waals surface area contributed by atoms with Crippen molar-refractivity contribution in [1.82, 2.24) is 15.1 Å². The fourth-order valence-electron chi connectivity index (χ4n) is 2.98. The van der Waals surface area contributed by atoms with Crippen molar-refractivity contribution in [3.63, 3.8) is 0 Å². The summed E-state index contributed by atoms with van der Waals surface area (Å²) in [4.78, 5) is 2.00. The molecule has 1 aliphatic heterocycles. The third-order valence-corrected chi connectivity index (χ3v) is 4.12. The van der Waals surface area contributed by atoms with Gasteiger partial charge in [0.2, 0.25) is 0 Å². The molecule has 1 aliphatic rings. The van der Waals surface area contributed by atoms with E-state index in [-0.39, 0.29) is 17.6 Å². The monoisotopic (exact) mass is 295 g/mol. The average molecular weight is 295 g/mol. The number of hydrogen-bond donors (Lipinski definition) is 1. The second-order valence-corrected chi connectivity index (χ2v) is 5.32. The molecule has 0 saturated heterocycles. The summed E-state index contributed by atoms with van der Waals surface area (Å²) >= 11 is 0. The predicted molar refractivity (Wildman–Crippen MR) is 72.5 cm³/mol. The maximum Gasteiger partial charge on any atom is 0.280 e. The molecule has 1 unspecified atom stereocenters. The molecule has 1 aromatic carbocycles. The van der Waals surface area contributed by atoms with E-state index in [9.17, 15) is 13.2 Å². The number of nitrogens with one attached hydrogen (secondary N) is 1. The highest BCUT2D eigenvalue weighted by atomic mass is 19.3. The second kappa shape index (κ2) is 5.52. The van der Waals surface area contributed by atoms with Gasteiger partial charge in [0.05, 0.1) is 6.20 Å². The molecular weight excluding hydrogens is 279 g/mol. The lowest BCUT2D eigenvalue weighted by molar-refractivity contribution is 0.139. The van der Waals surface area contributed by atoms with E-state index in [4.69, 9.17) is 0 Å². The summed E-state index contributed by atoms with van der Waals surface area (Å²) in [5.41, 5.74) is 1.99. The number of hydrogen-bond acceptors (Lipinski definition) is 2. The third kappa shape index (κ3) is 2.55. The zero-order valence-electron chi connectivity index (χ0n) is 11.6. The van der Waals surface area contributed by atoms with Crippen LogP contribution in [-0.4, -0.2) is 21.6 Å². The number of aromatic nitrogens is 2. The number of nitrogens with zero attached hydrogens (tertiary/aromatic N) is 2. The molecule has 2 heterocycles. The first-order valence-electron chi connectivity index (χ1n) is 6.89. The molecular formula is C15H16F3N3. The van der Waals surface area contributed by atoms with E-state index in [0.29, 0.717) is 24.2 Å². The molecule has 112 valence electrons. The van der Waals surface area contributed by atoms with Gasteiger partial charge in [-0.1, -0.05) is 12.1 Å². The topological polar surface area (TPSA) is 31.9 Å². The lowest BCUT2D eigenvalue weighted by Crippen LogP contribution is -2.34. The smallest absolute Gasteiger partial charge is 0.280 e. The maximum absolute atomic E-state index is 14.0. The number of alkyl halides is 2. The summed E-state index contributed by atoms with van der Waals surface area (Å²) in [6.45, 7) is 2.96. The Morgan fingerprint density at radius 3 is 3.00 bits per heavy atom. The van der Waals surface area contributed by atoms with Crippen LogP contribution >= 0.6 is 0 Å². The summed E-state index contributed by atoms with van der Waals surface area (Å²) in [5.74, 6) is -0.231. The Hall–Kier alpha value is -1.82. The molecule has 0 aliphatic carbocycles. The number of benzene rings is 1. The molecule has 2 aromatic rings. The summed E-state index contributed by atoms with van der Waals surface area (Å²) in [6, 6.07) is 4.94. The number of rotatable bonds is 3. The first-order chi connectivity index (χ1) is 10.1. The predicted octanol–water partition coefficient (Wildman–Crippen LogP) is 3.61.